The quantitative estimate of drug-likeness (QED) is 0.155. The summed E-state index contributed by atoms with van der Waals surface area (Å²) >= 11 is 4.14. The summed E-state index contributed by atoms with van der Waals surface area (Å²) in [5, 5.41) is 10.5. The highest BCUT2D eigenvalue weighted by molar-refractivity contribution is 7.99. The fourth-order valence-electron chi connectivity index (χ4n) is 4.45. The van der Waals surface area contributed by atoms with Crippen molar-refractivity contribution in [1.29, 1.82) is 0 Å². The van der Waals surface area contributed by atoms with Crippen molar-refractivity contribution in [3.8, 4) is 0 Å². The van der Waals surface area contributed by atoms with Gasteiger partial charge in [-0.15, -0.1) is 0 Å². The average molecular weight is 483 g/mol. The van der Waals surface area contributed by atoms with Crippen molar-refractivity contribution in [3.63, 3.8) is 0 Å². The number of unbranched alkanes of at least 4 members (excludes halogenated alkanes) is 14. The van der Waals surface area contributed by atoms with Crippen LogP contribution in [-0.2, 0) is 0 Å². The number of thioether (sulfide) groups is 2. The van der Waals surface area contributed by atoms with Crippen LogP contribution in [0.2, 0.25) is 0 Å². The van der Waals surface area contributed by atoms with E-state index >= 15 is 0 Å². The minimum atomic E-state index is -0.0616. The van der Waals surface area contributed by atoms with Crippen LogP contribution >= 0.6 is 23.5 Å². The second-order valence-corrected chi connectivity index (χ2v) is 12.4. The molecule has 3 heteroatoms. The molecule has 0 saturated carbocycles. The molecule has 0 radical (unpaired) electrons. The van der Waals surface area contributed by atoms with Crippen molar-refractivity contribution < 1.29 is 5.11 Å². The van der Waals surface area contributed by atoms with Crippen molar-refractivity contribution in [1.82, 2.24) is 0 Å². The van der Waals surface area contributed by atoms with E-state index in [1.165, 1.54) is 120 Å². The number of aliphatic hydroxyl groups is 1. The van der Waals surface area contributed by atoms with Crippen LogP contribution in [0.5, 0.6) is 0 Å². The molecular formula is C29H54OS2. The molecule has 1 atom stereocenters. The van der Waals surface area contributed by atoms with Gasteiger partial charge in [0.15, 0.2) is 0 Å². The highest BCUT2D eigenvalue weighted by Gasteiger charge is 2.32. The van der Waals surface area contributed by atoms with Gasteiger partial charge in [0.25, 0.3) is 0 Å². The van der Waals surface area contributed by atoms with Crippen molar-refractivity contribution >= 4 is 23.5 Å². The third-order valence-corrected chi connectivity index (χ3v) is 9.28. The zero-order valence-corrected chi connectivity index (χ0v) is 23.4. The maximum absolute atomic E-state index is 10.5. The Hall–Kier alpha value is -0.0200. The fourth-order valence-corrected chi connectivity index (χ4v) is 6.72. The van der Waals surface area contributed by atoms with Crippen LogP contribution in [0.15, 0.2) is 23.5 Å². The molecule has 0 saturated heterocycles. The van der Waals surface area contributed by atoms with Crippen molar-refractivity contribution in [3.05, 3.63) is 23.5 Å². The van der Waals surface area contributed by atoms with Gasteiger partial charge in [-0.25, -0.2) is 0 Å². The monoisotopic (exact) mass is 482 g/mol. The minimum Gasteiger partial charge on any atom is -0.512 e. The van der Waals surface area contributed by atoms with Gasteiger partial charge in [-0.1, -0.05) is 122 Å². The number of hydrogen-bond acceptors (Lipinski definition) is 3. The van der Waals surface area contributed by atoms with E-state index < -0.39 is 0 Å². The lowest BCUT2D eigenvalue weighted by molar-refractivity contribution is 0.257. The first-order valence-corrected chi connectivity index (χ1v) is 16.2. The normalized spacial score (nSPS) is 18.6. The predicted molar refractivity (Wildman–Crippen MR) is 151 cm³/mol. The van der Waals surface area contributed by atoms with Gasteiger partial charge >= 0.3 is 0 Å². The Morgan fingerprint density at radius 2 is 1.16 bits per heavy atom. The van der Waals surface area contributed by atoms with Crippen molar-refractivity contribution in [2.24, 2.45) is 5.41 Å². The summed E-state index contributed by atoms with van der Waals surface area (Å²) in [6.07, 6.45) is 27.5. The molecule has 0 bridgehead atoms. The Morgan fingerprint density at radius 1 is 0.688 bits per heavy atom. The molecule has 1 unspecified atom stereocenters. The molecule has 32 heavy (non-hydrogen) atoms. The number of hydrogen-bond donors (Lipinski definition) is 1. The Kier molecular flexibility index (Phi) is 19.1. The smallest absolute Gasteiger partial charge is 0.0992 e. The summed E-state index contributed by atoms with van der Waals surface area (Å²) in [7, 11) is 0. The minimum absolute atomic E-state index is 0.0616. The van der Waals surface area contributed by atoms with Gasteiger partial charge in [-0.3, -0.25) is 0 Å². The first-order chi connectivity index (χ1) is 15.6. The number of aliphatic hydroxyl groups excluding tert-OH is 1. The SMILES string of the molecule is CCCCCCCCCCSCC1=CC=C(O)C(C)(CSCCCCCCCCCC)C1. The first-order valence-electron chi connectivity index (χ1n) is 13.9. The van der Waals surface area contributed by atoms with Crippen LogP contribution in [0, 0.1) is 5.41 Å². The Bertz CT molecular complexity index is 499. The van der Waals surface area contributed by atoms with Crippen molar-refractivity contribution in [2.75, 3.05) is 23.0 Å². The topological polar surface area (TPSA) is 20.2 Å². The van der Waals surface area contributed by atoms with E-state index in [4.69, 9.17) is 0 Å². The molecule has 1 nitrogen and oxygen atoms in total. The van der Waals surface area contributed by atoms with E-state index in [1.807, 2.05) is 17.8 Å². The van der Waals surface area contributed by atoms with Gasteiger partial charge in [-0.05, 0) is 36.8 Å². The number of allylic oxidation sites excluding steroid dienone is 3. The molecule has 1 aliphatic rings. The van der Waals surface area contributed by atoms with Gasteiger partial charge in [0.2, 0.25) is 0 Å². The zero-order valence-electron chi connectivity index (χ0n) is 21.8. The molecule has 0 aromatic carbocycles. The molecule has 0 aromatic heterocycles. The second kappa shape index (κ2) is 20.4. The van der Waals surface area contributed by atoms with E-state index in [9.17, 15) is 5.11 Å². The molecule has 0 spiro atoms. The van der Waals surface area contributed by atoms with Crippen LogP contribution in [0.3, 0.4) is 0 Å². The lowest BCUT2D eigenvalue weighted by Crippen LogP contribution is -2.26. The Labute approximate surface area is 210 Å². The number of rotatable bonds is 22. The molecule has 0 aliphatic heterocycles. The van der Waals surface area contributed by atoms with Gasteiger partial charge in [0, 0.05) is 16.9 Å². The maximum Gasteiger partial charge on any atom is 0.0992 e. The van der Waals surface area contributed by atoms with Crippen LogP contribution in [0.25, 0.3) is 0 Å². The molecule has 188 valence electrons. The largest absolute Gasteiger partial charge is 0.512 e. The predicted octanol–water partition coefficient (Wildman–Crippen LogP) is 10.5. The van der Waals surface area contributed by atoms with Gasteiger partial charge in [0.05, 0.1) is 5.76 Å². The lowest BCUT2D eigenvalue weighted by atomic mass is 9.80. The van der Waals surface area contributed by atoms with Crippen LogP contribution in [0.1, 0.15) is 130 Å². The third kappa shape index (κ3) is 15.0. The molecule has 1 aliphatic carbocycles. The summed E-state index contributed by atoms with van der Waals surface area (Å²) < 4.78 is 0. The van der Waals surface area contributed by atoms with Gasteiger partial charge in [0.1, 0.15) is 0 Å². The molecule has 0 heterocycles. The van der Waals surface area contributed by atoms with Crippen LogP contribution in [0.4, 0.5) is 0 Å². The van der Waals surface area contributed by atoms with Crippen molar-refractivity contribution in [2.45, 2.75) is 130 Å². The zero-order chi connectivity index (χ0) is 23.3. The average Bonchev–Trinajstić information content (AvgIpc) is 2.79. The van der Waals surface area contributed by atoms with Crippen LogP contribution < -0.4 is 0 Å². The highest BCUT2D eigenvalue weighted by atomic mass is 32.2. The lowest BCUT2D eigenvalue weighted by Gasteiger charge is -2.32. The first kappa shape index (κ1) is 30.0. The summed E-state index contributed by atoms with van der Waals surface area (Å²) in [5.74, 6) is 5.30. The highest BCUT2D eigenvalue weighted by Crippen LogP contribution is 2.40. The van der Waals surface area contributed by atoms with E-state index in [-0.39, 0.29) is 5.41 Å². The van der Waals surface area contributed by atoms with E-state index in [1.54, 1.807) is 0 Å². The standard InChI is InChI=1S/C29H54OS2/c1-4-6-8-10-12-14-16-18-22-31-25-27-20-21-28(30)29(3,24-27)26-32-23-19-17-15-13-11-9-7-5-2/h20-21,30H,4-19,22-26H2,1-3H3. The van der Waals surface area contributed by atoms with E-state index in [0.29, 0.717) is 5.76 Å². The fraction of sp³-hybridized carbons (Fsp3) is 0.862. The second-order valence-electron chi connectivity index (χ2n) is 10.2. The maximum atomic E-state index is 10.5. The molecular weight excluding hydrogens is 428 g/mol. The Morgan fingerprint density at radius 3 is 1.69 bits per heavy atom. The van der Waals surface area contributed by atoms with E-state index in [0.717, 1.165) is 17.9 Å². The third-order valence-electron chi connectivity index (χ3n) is 6.71. The van der Waals surface area contributed by atoms with E-state index in [2.05, 4.69) is 38.6 Å². The Balaban J connectivity index is 2.07. The molecule has 0 amide bonds. The summed E-state index contributed by atoms with van der Waals surface area (Å²) in [5.41, 5.74) is 1.45. The molecule has 1 rings (SSSR count). The molecule has 1 N–H and O–H groups in total. The summed E-state index contributed by atoms with van der Waals surface area (Å²) in [6.45, 7) is 6.83. The van der Waals surface area contributed by atoms with Gasteiger partial charge in [-0.2, -0.15) is 23.5 Å². The molecule has 0 fully saturated rings. The van der Waals surface area contributed by atoms with Gasteiger partial charge < -0.3 is 5.11 Å². The molecule has 0 aromatic rings. The summed E-state index contributed by atoms with van der Waals surface area (Å²) in [4.78, 5) is 0. The van der Waals surface area contributed by atoms with Crippen LogP contribution in [-0.4, -0.2) is 28.1 Å². The summed E-state index contributed by atoms with van der Waals surface area (Å²) in [6, 6.07) is 0.